The second-order valence-electron chi connectivity index (χ2n) is 11.1. The highest BCUT2D eigenvalue weighted by Crippen LogP contribution is 2.51. The van der Waals surface area contributed by atoms with E-state index in [1.165, 1.54) is 22.6 Å². The van der Waals surface area contributed by atoms with Gasteiger partial charge in [-0.2, -0.15) is 13.2 Å². The van der Waals surface area contributed by atoms with Gasteiger partial charge in [0.2, 0.25) is 11.9 Å². The van der Waals surface area contributed by atoms with Crippen LogP contribution in [-0.4, -0.2) is 81.6 Å². The number of carbonyl (C=O) groups excluding carboxylic acids is 1. The van der Waals surface area contributed by atoms with Crippen molar-refractivity contribution in [2.24, 2.45) is 11.3 Å². The lowest BCUT2D eigenvalue weighted by Gasteiger charge is -2.52. The van der Waals surface area contributed by atoms with E-state index < -0.39 is 35.4 Å². The highest BCUT2D eigenvalue weighted by molar-refractivity contribution is 5.79. The van der Waals surface area contributed by atoms with Gasteiger partial charge in [-0.25, -0.2) is 9.97 Å². The number of hydrogen-bond acceptors (Lipinski definition) is 7. The zero-order valence-corrected chi connectivity index (χ0v) is 21.5. The number of aliphatic hydroxyl groups is 1. The average molecular weight is 538 g/mol. The van der Waals surface area contributed by atoms with Crippen LogP contribution < -0.4 is 10.5 Å². The van der Waals surface area contributed by atoms with Crippen LogP contribution in [0, 0.1) is 11.3 Å². The van der Waals surface area contributed by atoms with Gasteiger partial charge in [0.25, 0.3) is 5.56 Å². The molecule has 0 bridgehead atoms. The van der Waals surface area contributed by atoms with E-state index in [9.17, 15) is 27.9 Å². The van der Waals surface area contributed by atoms with Crippen molar-refractivity contribution in [3.05, 3.63) is 28.8 Å². The van der Waals surface area contributed by atoms with Gasteiger partial charge < -0.3 is 24.2 Å². The van der Waals surface area contributed by atoms with Crippen molar-refractivity contribution in [2.45, 2.75) is 63.8 Å². The average Bonchev–Trinajstić information content (AvgIpc) is 3.36. The Morgan fingerprint density at radius 1 is 1.18 bits per heavy atom. The summed E-state index contributed by atoms with van der Waals surface area (Å²) in [5.41, 5.74) is -1.75. The molecule has 9 nitrogen and oxygen atoms in total. The highest BCUT2D eigenvalue weighted by Gasteiger charge is 2.56. The molecule has 1 amide bonds. The Balaban J connectivity index is 1.37. The van der Waals surface area contributed by atoms with E-state index in [2.05, 4.69) is 9.97 Å². The Kier molecular flexibility index (Phi) is 7.14. The molecule has 1 unspecified atom stereocenters. The molecule has 3 aliphatic rings. The van der Waals surface area contributed by atoms with Crippen LogP contribution in [0.1, 0.15) is 45.4 Å². The van der Waals surface area contributed by atoms with E-state index in [-0.39, 0.29) is 31.6 Å². The van der Waals surface area contributed by atoms with E-state index in [0.717, 1.165) is 12.8 Å². The number of carbonyl (C=O) groups is 1. The van der Waals surface area contributed by atoms with Gasteiger partial charge in [0, 0.05) is 49.9 Å². The quantitative estimate of drug-likeness (QED) is 0.626. The van der Waals surface area contributed by atoms with Crippen LogP contribution in [0.2, 0.25) is 0 Å². The Morgan fingerprint density at radius 2 is 1.89 bits per heavy atom. The molecule has 12 heteroatoms. The maximum Gasteiger partial charge on any atom is 0.389 e. The molecule has 4 heterocycles. The topological polar surface area (TPSA) is 101 Å². The van der Waals surface area contributed by atoms with Gasteiger partial charge in [0.15, 0.2) is 0 Å². The second-order valence-corrected chi connectivity index (χ2v) is 11.1. The van der Waals surface area contributed by atoms with Crippen molar-refractivity contribution in [1.29, 1.82) is 0 Å². The lowest BCUT2D eigenvalue weighted by atomic mass is 9.65. The molecule has 2 aromatic heterocycles. The number of hydrogen-bond donors (Lipinski definition) is 1. The third-order valence-corrected chi connectivity index (χ3v) is 8.54. The lowest BCUT2D eigenvalue weighted by Crippen LogP contribution is -2.62. The zero-order chi connectivity index (χ0) is 27.1. The molecule has 2 aromatic rings. The van der Waals surface area contributed by atoms with Gasteiger partial charge in [0.05, 0.1) is 42.7 Å². The highest BCUT2D eigenvalue weighted by atomic mass is 19.4. The van der Waals surface area contributed by atoms with E-state index in [1.54, 1.807) is 12.3 Å². The molecule has 2 aliphatic heterocycles. The first-order valence-electron chi connectivity index (χ1n) is 13.3. The smallest absolute Gasteiger partial charge is 0.387 e. The van der Waals surface area contributed by atoms with Crippen molar-refractivity contribution in [3.63, 3.8) is 0 Å². The summed E-state index contributed by atoms with van der Waals surface area (Å²) in [7, 11) is 0. The largest absolute Gasteiger partial charge is 0.389 e. The minimum Gasteiger partial charge on any atom is -0.387 e. The SMILES string of the molecule is C[C@H](CC(F)(F)F)C(=O)N1CCC(O)(Cn2ccc3nc(N4CCOCC4)ncc3c2=O)C2(CCCC2)C1. The lowest BCUT2D eigenvalue weighted by molar-refractivity contribution is -0.172. The maximum absolute atomic E-state index is 13.4. The fourth-order valence-electron chi connectivity index (χ4n) is 6.42. The number of likely N-dealkylation sites (tertiary alicyclic amines) is 1. The molecule has 0 radical (unpaired) electrons. The Hall–Kier alpha value is -2.73. The molecule has 0 aromatic carbocycles. The standard InChI is InChI=1S/C26H34F3N5O4/c1-18(14-26(27,28)29)21(35)34-9-7-25(37,24(16-34)5-2-3-6-24)17-33-8-4-20-19(22(33)36)15-30-23(31-20)32-10-12-38-13-11-32/h4,8,15,18,37H,2-3,5-7,9-14,16-17H2,1H3/t18-,25?/m1/s1. The van der Waals surface area contributed by atoms with Gasteiger partial charge in [0.1, 0.15) is 0 Å². The van der Waals surface area contributed by atoms with Crippen molar-refractivity contribution < 1.29 is 27.8 Å². The Bertz CT molecular complexity index is 1240. The van der Waals surface area contributed by atoms with Crippen LogP contribution in [0.4, 0.5) is 19.1 Å². The van der Waals surface area contributed by atoms with Crippen molar-refractivity contribution in [2.75, 3.05) is 44.3 Å². The molecule has 2 atom stereocenters. The third-order valence-electron chi connectivity index (χ3n) is 8.54. The fourth-order valence-corrected chi connectivity index (χ4v) is 6.42. The zero-order valence-electron chi connectivity index (χ0n) is 21.5. The summed E-state index contributed by atoms with van der Waals surface area (Å²) in [4.78, 5) is 38.7. The van der Waals surface area contributed by atoms with Crippen LogP contribution in [0.3, 0.4) is 0 Å². The van der Waals surface area contributed by atoms with Gasteiger partial charge in [-0.05, 0) is 25.3 Å². The monoisotopic (exact) mass is 537 g/mol. The number of aromatic nitrogens is 3. The summed E-state index contributed by atoms with van der Waals surface area (Å²) in [6.45, 7) is 4.21. The second kappa shape index (κ2) is 10.1. The first-order chi connectivity index (χ1) is 18.0. The Morgan fingerprint density at radius 3 is 2.58 bits per heavy atom. The van der Waals surface area contributed by atoms with Gasteiger partial charge >= 0.3 is 6.18 Å². The number of amides is 1. The predicted octanol–water partition coefficient (Wildman–Crippen LogP) is 2.74. The Labute approximate surface area is 218 Å². The summed E-state index contributed by atoms with van der Waals surface area (Å²) < 4.78 is 45.5. The van der Waals surface area contributed by atoms with Gasteiger partial charge in [-0.1, -0.05) is 19.8 Å². The fraction of sp³-hybridized carbons (Fsp3) is 0.692. The first-order valence-corrected chi connectivity index (χ1v) is 13.3. The van der Waals surface area contributed by atoms with Crippen LogP contribution in [0.25, 0.3) is 10.9 Å². The minimum atomic E-state index is -4.42. The molecule has 1 saturated carbocycles. The van der Waals surface area contributed by atoms with E-state index in [4.69, 9.17) is 4.74 Å². The number of ether oxygens (including phenoxy) is 1. The molecule has 5 rings (SSSR count). The summed E-state index contributed by atoms with van der Waals surface area (Å²) >= 11 is 0. The summed E-state index contributed by atoms with van der Waals surface area (Å²) in [5.74, 6) is -1.17. The number of anilines is 1. The van der Waals surface area contributed by atoms with E-state index in [0.29, 0.717) is 56.0 Å². The minimum absolute atomic E-state index is 0.0348. The summed E-state index contributed by atoms with van der Waals surface area (Å²) in [5, 5.41) is 12.3. The molecule has 1 spiro atoms. The summed E-state index contributed by atoms with van der Waals surface area (Å²) in [6, 6.07) is 1.74. The molecular formula is C26H34F3N5O4. The van der Waals surface area contributed by atoms with Crippen LogP contribution in [0.15, 0.2) is 23.3 Å². The first kappa shape index (κ1) is 26.9. The van der Waals surface area contributed by atoms with Crippen LogP contribution in [-0.2, 0) is 16.1 Å². The van der Waals surface area contributed by atoms with Crippen molar-refractivity contribution in [1.82, 2.24) is 19.4 Å². The van der Waals surface area contributed by atoms with Crippen LogP contribution in [0.5, 0.6) is 0 Å². The number of pyridine rings is 1. The molecular weight excluding hydrogens is 503 g/mol. The van der Waals surface area contributed by atoms with Crippen molar-refractivity contribution in [3.8, 4) is 0 Å². The normalized spacial score (nSPS) is 24.8. The number of nitrogens with zero attached hydrogens (tertiary/aromatic N) is 5. The van der Waals surface area contributed by atoms with E-state index >= 15 is 0 Å². The van der Waals surface area contributed by atoms with Gasteiger partial charge in [-0.3, -0.25) is 9.59 Å². The third kappa shape index (κ3) is 5.12. The number of rotatable bonds is 5. The molecule has 3 fully saturated rings. The molecule has 1 N–H and O–H groups in total. The number of piperidine rings is 1. The summed E-state index contributed by atoms with van der Waals surface area (Å²) in [6.07, 6.45) is 0.760. The molecule has 2 saturated heterocycles. The number of morpholine rings is 1. The number of halogens is 3. The van der Waals surface area contributed by atoms with Crippen molar-refractivity contribution >= 4 is 22.8 Å². The van der Waals surface area contributed by atoms with E-state index in [1.807, 2.05) is 4.90 Å². The van der Waals surface area contributed by atoms with Gasteiger partial charge in [-0.15, -0.1) is 0 Å². The molecule has 208 valence electrons. The number of alkyl halides is 3. The number of fused-ring (bicyclic) bond motifs is 1. The maximum atomic E-state index is 13.4. The predicted molar refractivity (Wildman–Crippen MR) is 134 cm³/mol. The van der Waals surface area contributed by atoms with Crippen LogP contribution >= 0.6 is 0 Å². The molecule has 1 aliphatic carbocycles. The molecule has 38 heavy (non-hydrogen) atoms.